The average Bonchev–Trinajstić information content (AvgIpc) is 2.59. The number of hydrogen-bond acceptors (Lipinski definition) is 1. The van der Waals surface area contributed by atoms with Gasteiger partial charge in [0.05, 0.1) is 6.10 Å². The molecule has 0 aromatic heterocycles. The minimum absolute atomic E-state index is 0.0950. The first-order valence-electron chi connectivity index (χ1n) is 10.7. The Labute approximate surface area is 163 Å². The van der Waals surface area contributed by atoms with Gasteiger partial charge in [0.25, 0.3) is 0 Å². The average molecular weight is 414 g/mol. The molecule has 1 nitrogen and oxygen atoms in total. The molecule has 0 aromatic rings. The molecular weight excluding hydrogens is 382 g/mol. The zero-order valence-electron chi connectivity index (χ0n) is 16.6. The maximum Gasteiger partial charge on any atom is 0.364 e. The van der Waals surface area contributed by atoms with E-state index in [9.17, 15) is 26.3 Å². The molecule has 3 rings (SSSR count). The lowest BCUT2D eigenvalue weighted by atomic mass is 9.68. The number of ether oxygens (including phenoxy) is 1. The lowest BCUT2D eigenvalue weighted by Gasteiger charge is -2.43. The Morgan fingerprint density at radius 3 is 1.68 bits per heavy atom. The number of rotatable bonds is 4. The van der Waals surface area contributed by atoms with Gasteiger partial charge >= 0.3 is 6.11 Å². The minimum atomic E-state index is -4.07. The first-order chi connectivity index (χ1) is 13.1. The summed E-state index contributed by atoms with van der Waals surface area (Å²) in [4.78, 5) is 0. The number of alkyl halides is 6. The van der Waals surface area contributed by atoms with Gasteiger partial charge in [0.1, 0.15) is 30.6 Å². The fraction of sp³-hybridized carbons (Fsp3) is 1.00. The van der Waals surface area contributed by atoms with Crippen LogP contribution in [0.5, 0.6) is 0 Å². The van der Waals surface area contributed by atoms with Crippen LogP contribution in [0.2, 0.25) is 0 Å². The Morgan fingerprint density at radius 2 is 1.18 bits per heavy atom. The third kappa shape index (κ3) is 4.81. The van der Waals surface area contributed by atoms with Gasteiger partial charge in [-0.25, -0.2) is 17.6 Å². The third-order valence-corrected chi connectivity index (χ3v) is 7.39. The minimum Gasteiger partial charge on any atom is -0.317 e. The molecule has 3 aliphatic rings. The summed E-state index contributed by atoms with van der Waals surface area (Å²) in [7, 11) is 0. The van der Waals surface area contributed by atoms with E-state index in [0.29, 0.717) is 5.92 Å². The van der Waals surface area contributed by atoms with E-state index in [1.807, 2.05) is 0 Å². The second kappa shape index (κ2) is 8.73. The second-order valence-electron chi connectivity index (χ2n) is 9.47. The predicted molar refractivity (Wildman–Crippen MR) is 95.1 cm³/mol. The van der Waals surface area contributed by atoms with E-state index in [4.69, 9.17) is 0 Å². The van der Waals surface area contributed by atoms with Gasteiger partial charge < -0.3 is 4.74 Å². The SMILES string of the molecule is CC1CCC(C2CC(F)C(C(F)(F)OC3CC(F)C(C)C(F)C3)C(F)C2)CC1. The van der Waals surface area contributed by atoms with Crippen molar-refractivity contribution in [3.8, 4) is 0 Å². The van der Waals surface area contributed by atoms with Crippen LogP contribution in [-0.2, 0) is 4.74 Å². The highest BCUT2D eigenvalue weighted by Crippen LogP contribution is 2.48. The maximum atomic E-state index is 14.7. The summed E-state index contributed by atoms with van der Waals surface area (Å²) >= 11 is 0. The normalized spacial score (nSPS) is 48.4. The summed E-state index contributed by atoms with van der Waals surface area (Å²) in [5, 5.41) is 0. The molecule has 28 heavy (non-hydrogen) atoms. The van der Waals surface area contributed by atoms with Crippen LogP contribution in [0.4, 0.5) is 26.3 Å². The van der Waals surface area contributed by atoms with Crippen LogP contribution in [0.3, 0.4) is 0 Å². The van der Waals surface area contributed by atoms with Gasteiger partial charge in [-0.2, -0.15) is 8.78 Å². The summed E-state index contributed by atoms with van der Waals surface area (Å²) in [6, 6.07) is 0. The Balaban J connectivity index is 1.61. The van der Waals surface area contributed by atoms with Gasteiger partial charge in [0.2, 0.25) is 0 Å². The summed E-state index contributed by atoms with van der Waals surface area (Å²) < 4.78 is 90.9. The van der Waals surface area contributed by atoms with Crippen LogP contribution in [0.1, 0.15) is 65.2 Å². The molecule has 0 saturated heterocycles. The molecule has 0 bridgehead atoms. The molecule has 0 spiro atoms. The summed E-state index contributed by atoms with van der Waals surface area (Å²) in [5.41, 5.74) is 0. The van der Waals surface area contributed by atoms with Crippen molar-refractivity contribution in [3.63, 3.8) is 0 Å². The van der Waals surface area contributed by atoms with Crippen molar-refractivity contribution in [3.05, 3.63) is 0 Å². The molecule has 0 aliphatic heterocycles. The lowest BCUT2D eigenvalue weighted by Crippen LogP contribution is -2.51. The van der Waals surface area contributed by atoms with Crippen molar-refractivity contribution in [2.75, 3.05) is 0 Å². The second-order valence-corrected chi connectivity index (χ2v) is 9.47. The van der Waals surface area contributed by atoms with Gasteiger partial charge in [-0.1, -0.05) is 26.7 Å². The zero-order valence-corrected chi connectivity index (χ0v) is 16.6. The highest BCUT2D eigenvalue weighted by Gasteiger charge is 2.56. The molecule has 7 heteroatoms. The van der Waals surface area contributed by atoms with Crippen LogP contribution >= 0.6 is 0 Å². The largest absolute Gasteiger partial charge is 0.364 e. The quantitative estimate of drug-likeness (QED) is 0.471. The van der Waals surface area contributed by atoms with Gasteiger partial charge in [-0.05, 0) is 43.4 Å². The highest BCUT2D eigenvalue weighted by molar-refractivity contribution is 4.95. The van der Waals surface area contributed by atoms with Crippen molar-refractivity contribution in [2.45, 2.75) is 102 Å². The Kier molecular flexibility index (Phi) is 6.93. The van der Waals surface area contributed by atoms with E-state index in [-0.39, 0.29) is 37.5 Å². The molecule has 0 heterocycles. The fourth-order valence-corrected chi connectivity index (χ4v) is 5.41. The third-order valence-electron chi connectivity index (χ3n) is 7.39. The number of halogens is 6. The van der Waals surface area contributed by atoms with Crippen LogP contribution in [0.15, 0.2) is 0 Å². The topological polar surface area (TPSA) is 9.23 Å². The van der Waals surface area contributed by atoms with Crippen molar-refractivity contribution in [1.29, 1.82) is 0 Å². The van der Waals surface area contributed by atoms with Crippen molar-refractivity contribution in [2.24, 2.45) is 29.6 Å². The summed E-state index contributed by atoms with van der Waals surface area (Å²) in [5.74, 6) is -2.54. The van der Waals surface area contributed by atoms with Crippen molar-refractivity contribution < 1.29 is 31.1 Å². The van der Waals surface area contributed by atoms with Crippen LogP contribution < -0.4 is 0 Å². The van der Waals surface area contributed by atoms with Gasteiger partial charge in [-0.3, -0.25) is 0 Å². The molecule has 3 fully saturated rings. The zero-order chi connectivity index (χ0) is 20.6. The van der Waals surface area contributed by atoms with Gasteiger partial charge in [0.15, 0.2) is 0 Å². The predicted octanol–water partition coefficient (Wildman–Crippen LogP) is 6.60. The van der Waals surface area contributed by atoms with E-state index < -0.39 is 48.7 Å². The molecule has 164 valence electrons. The monoisotopic (exact) mass is 414 g/mol. The fourth-order valence-electron chi connectivity index (χ4n) is 5.41. The Bertz CT molecular complexity index is 485. The molecule has 3 aliphatic carbocycles. The lowest BCUT2D eigenvalue weighted by molar-refractivity contribution is -0.323. The molecule has 0 aromatic carbocycles. The Morgan fingerprint density at radius 1 is 0.679 bits per heavy atom. The first kappa shape index (κ1) is 22.2. The molecule has 0 amide bonds. The molecule has 3 saturated carbocycles. The standard InChI is InChI=1S/C21H32F6O/c1-11-3-5-13(6-4-11)14-7-18(24)20(19(25)8-14)21(26,27)28-15-9-16(22)12(2)17(23)10-15/h11-20H,3-10H2,1-2H3. The molecule has 4 atom stereocenters. The van der Waals surface area contributed by atoms with E-state index >= 15 is 0 Å². The van der Waals surface area contributed by atoms with E-state index in [0.717, 1.165) is 25.7 Å². The summed E-state index contributed by atoms with van der Waals surface area (Å²) in [6.07, 6.45) is -9.83. The van der Waals surface area contributed by atoms with E-state index in [1.54, 1.807) is 0 Å². The van der Waals surface area contributed by atoms with Crippen LogP contribution in [-0.4, -0.2) is 36.9 Å². The molecule has 4 unspecified atom stereocenters. The van der Waals surface area contributed by atoms with Crippen LogP contribution in [0.25, 0.3) is 0 Å². The first-order valence-corrected chi connectivity index (χ1v) is 10.7. The van der Waals surface area contributed by atoms with Crippen molar-refractivity contribution >= 4 is 0 Å². The summed E-state index contributed by atoms with van der Waals surface area (Å²) in [6.45, 7) is 3.53. The smallest absolute Gasteiger partial charge is 0.317 e. The van der Waals surface area contributed by atoms with Gasteiger partial charge in [-0.15, -0.1) is 0 Å². The highest BCUT2D eigenvalue weighted by atomic mass is 19.3. The molecule has 0 radical (unpaired) electrons. The van der Waals surface area contributed by atoms with Gasteiger partial charge in [0, 0.05) is 18.8 Å². The Hall–Kier alpha value is -0.460. The van der Waals surface area contributed by atoms with E-state index in [2.05, 4.69) is 11.7 Å². The molecular formula is C21H32F6O. The van der Waals surface area contributed by atoms with E-state index in [1.165, 1.54) is 6.92 Å². The van der Waals surface area contributed by atoms with Crippen molar-refractivity contribution in [1.82, 2.24) is 0 Å². The van der Waals surface area contributed by atoms with Crippen LogP contribution in [0, 0.1) is 29.6 Å². The number of hydrogen-bond donors (Lipinski definition) is 0. The maximum absolute atomic E-state index is 14.7. The molecule has 0 N–H and O–H groups in total.